The molecule has 2 fully saturated rings. The zero-order chi connectivity index (χ0) is 9.64. The molecule has 1 unspecified atom stereocenters. The number of hydrogen-bond acceptors (Lipinski definition) is 3. The Hall–Kier alpha value is -0.516. The van der Waals surface area contributed by atoms with Crippen LogP contribution in [0.15, 0.2) is 0 Å². The molecule has 2 aliphatic rings. The summed E-state index contributed by atoms with van der Waals surface area (Å²) >= 11 is 0. The fourth-order valence-electron chi connectivity index (χ4n) is 1.99. The van der Waals surface area contributed by atoms with Gasteiger partial charge in [0, 0.05) is 45.2 Å². The number of piperazine rings is 1. The third-order valence-electron chi connectivity index (χ3n) is 2.86. The van der Waals surface area contributed by atoms with E-state index in [-0.39, 0.29) is 37.9 Å². The number of fused-ring (bicyclic) bond motifs is 1. The van der Waals surface area contributed by atoms with E-state index in [4.69, 9.17) is 0 Å². The van der Waals surface area contributed by atoms with Gasteiger partial charge >= 0.3 is 6.03 Å². The standard InChI is InChI=1S/C8H13N3O2.CH4.V/c1-8-5-9-3-4-11(8)7(13)10(2)6(8)12;;/h9H,3-5H2,1-2H3;1H4;. The minimum atomic E-state index is -0.649. The summed E-state index contributed by atoms with van der Waals surface area (Å²) in [5.41, 5.74) is -0.649. The molecule has 2 aliphatic heterocycles. The molecular formula is C9H17N3O2V. The molecule has 1 N–H and O–H groups in total. The van der Waals surface area contributed by atoms with Crippen molar-refractivity contribution in [2.45, 2.75) is 19.9 Å². The Morgan fingerprint density at radius 3 is 2.53 bits per heavy atom. The van der Waals surface area contributed by atoms with Crippen molar-refractivity contribution in [1.82, 2.24) is 15.1 Å². The Labute approximate surface area is 102 Å². The van der Waals surface area contributed by atoms with Crippen LogP contribution in [0.4, 0.5) is 4.79 Å². The van der Waals surface area contributed by atoms with Gasteiger partial charge in [0.2, 0.25) is 0 Å². The summed E-state index contributed by atoms with van der Waals surface area (Å²) in [6, 6.07) is -0.172. The SMILES string of the molecule is C.CN1C(=O)N2CCNCC2(C)C1=O.[V]. The molecule has 6 heteroatoms. The molecule has 1 atom stereocenters. The van der Waals surface area contributed by atoms with Crippen molar-refractivity contribution in [3.05, 3.63) is 0 Å². The summed E-state index contributed by atoms with van der Waals surface area (Å²) < 4.78 is 0. The number of imide groups is 1. The zero-order valence-electron chi connectivity index (χ0n) is 8.28. The number of hydrogen-bond donors (Lipinski definition) is 1. The molecule has 0 saturated carbocycles. The Morgan fingerprint density at radius 1 is 1.40 bits per heavy atom. The van der Waals surface area contributed by atoms with Gasteiger partial charge in [-0.3, -0.25) is 9.69 Å². The van der Waals surface area contributed by atoms with Crippen LogP contribution in [0.3, 0.4) is 0 Å². The molecule has 5 nitrogen and oxygen atoms in total. The van der Waals surface area contributed by atoms with Gasteiger partial charge in [-0.25, -0.2) is 4.79 Å². The normalized spacial score (nSPS) is 29.5. The smallest absolute Gasteiger partial charge is 0.312 e. The molecule has 1 radical (unpaired) electrons. The van der Waals surface area contributed by atoms with Crippen molar-refractivity contribution < 1.29 is 28.1 Å². The van der Waals surface area contributed by atoms with Crippen LogP contribution in [0.2, 0.25) is 0 Å². The van der Waals surface area contributed by atoms with E-state index in [0.29, 0.717) is 13.1 Å². The van der Waals surface area contributed by atoms with Crippen molar-refractivity contribution in [1.29, 1.82) is 0 Å². The molecule has 2 rings (SSSR count). The minimum Gasteiger partial charge on any atom is -0.312 e. The van der Waals surface area contributed by atoms with Gasteiger partial charge in [-0.2, -0.15) is 0 Å². The van der Waals surface area contributed by atoms with Gasteiger partial charge in [0.15, 0.2) is 0 Å². The van der Waals surface area contributed by atoms with E-state index in [1.807, 2.05) is 6.92 Å². The summed E-state index contributed by atoms with van der Waals surface area (Å²) in [6.45, 7) is 3.75. The van der Waals surface area contributed by atoms with E-state index in [0.717, 1.165) is 6.54 Å². The third-order valence-corrected chi connectivity index (χ3v) is 2.86. The summed E-state index contributed by atoms with van der Waals surface area (Å²) in [6.07, 6.45) is 0. The van der Waals surface area contributed by atoms with Gasteiger partial charge in [0.1, 0.15) is 5.54 Å². The first-order valence-corrected chi connectivity index (χ1v) is 4.38. The first-order chi connectivity index (χ1) is 6.07. The van der Waals surface area contributed by atoms with Crippen LogP contribution >= 0.6 is 0 Å². The summed E-state index contributed by atoms with van der Waals surface area (Å²) in [5.74, 6) is -0.107. The molecule has 0 aromatic carbocycles. The predicted octanol–water partition coefficient (Wildman–Crippen LogP) is -0.124. The number of nitrogens with zero attached hydrogens (tertiary/aromatic N) is 2. The Kier molecular flexibility index (Phi) is 4.40. The van der Waals surface area contributed by atoms with Gasteiger partial charge < -0.3 is 10.2 Å². The van der Waals surface area contributed by atoms with E-state index in [2.05, 4.69) is 5.32 Å². The Balaban J connectivity index is 0.000000980. The van der Waals surface area contributed by atoms with Gasteiger partial charge in [0.25, 0.3) is 5.91 Å². The largest absolute Gasteiger partial charge is 0.327 e. The molecule has 85 valence electrons. The summed E-state index contributed by atoms with van der Waals surface area (Å²) in [5, 5.41) is 3.13. The van der Waals surface area contributed by atoms with E-state index >= 15 is 0 Å². The van der Waals surface area contributed by atoms with E-state index in [1.165, 1.54) is 11.9 Å². The number of likely N-dealkylation sites (N-methyl/N-ethyl adjacent to an activating group) is 1. The number of amides is 3. The Bertz CT molecular complexity index is 285. The Morgan fingerprint density at radius 2 is 2.00 bits per heavy atom. The second kappa shape index (κ2) is 4.55. The van der Waals surface area contributed by atoms with Gasteiger partial charge in [-0.1, -0.05) is 7.43 Å². The van der Waals surface area contributed by atoms with Crippen LogP contribution < -0.4 is 5.32 Å². The molecule has 2 saturated heterocycles. The van der Waals surface area contributed by atoms with Crippen LogP contribution in [-0.2, 0) is 23.4 Å². The van der Waals surface area contributed by atoms with Crippen molar-refractivity contribution in [3.8, 4) is 0 Å². The summed E-state index contributed by atoms with van der Waals surface area (Å²) in [4.78, 5) is 26.1. The topological polar surface area (TPSA) is 52.7 Å². The molecule has 3 amide bonds. The average molecular weight is 250 g/mol. The third kappa shape index (κ3) is 1.79. The average Bonchev–Trinajstić information content (AvgIpc) is 2.29. The minimum absolute atomic E-state index is 0. The van der Waals surface area contributed by atoms with E-state index in [1.54, 1.807) is 4.90 Å². The monoisotopic (exact) mass is 250 g/mol. The molecular weight excluding hydrogens is 233 g/mol. The second-order valence-electron chi connectivity index (χ2n) is 3.75. The molecule has 0 aliphatic carbocycles. The molecule has 2 heterocycles. The first kappa shape index (κ1) is 14.5. The first-order valence-electron chi connectivity index (χ1n) is 4.38. The molecule has 0 aromatic rings. The molecule has 15 heavy (non-hydrogen) atoms. The van der Waals surface area contributed by atoms with Crippen molar-refractivity contribution in [3.63, 3.8) is 0 Å². The van der Waals surface area contributed by atoms with Crippen LogP contribution in [-0.4, -0.2) is 54.0 Å². The van der Waals surface area contributed by atoms with Crippen molar-refractivity contribution in [2.75, 3.05) is 26.7 Å². The number of carbonyl (C=O) groups excluding carboxylic acids is 2. The molecule has 0 aromatic heterocycles. The fourth-order valence-corrected chi connectivity index (χ4v) is 1.99. The van der Waals surface area contributed by atoms with Crippen LogP contribution in [0.1, 0.15) is 14.4 Å². The van der Waals surface area contributed by atoms with Crippen molar-refractivity contribution in [2.24, 2.45) is 0 Å². The van der Waals surface area contributed by atoms with E-state index in [9.17, 15) is 9.59 Å². The number of carbonyl (C=O) groups is 2. The van der Waals surface area contributed by atoms with Crippen LogP contribution in [0, 0.1) is 0 Å². The number of urea groups is 1. The van der Waals surface area contributed by atoms with Gasteiger partial charge in [0.05, 0.1) is 0 Å². The van der Waals surface area contributed by atoms with E-state index < -0.39 is 5.54 Å². The predicted molar refractivity (Wildman–Crippen MR) is 52.9 cm³/mol. The molecule has 0 bridgehead atoms. The second-order valence-corrected chi connectivity index (χ2v) is 3.75. The fraction of sp³-hybridized carbons (Fsp3) is 0.778. The molecule has 0 spiro atoms. The van der Waals surface area contributed by atoms with Gasteiger partial charge in [-0.05, 0) is 6.92 Å². The maximum atomic E-state index is 11.7. The van der Waals surface area contributed by atoms with Crippen LogP contribution in [0.25, 0.3) is 0 Å². The number of rotatable bonds is 0. The maximum Gasteiger partial charge on any atom is 0.327 e. The zero-order valence-corrected chi connectivity index (χ0v) is 9.68. The maximum absolute atomic E-state index is 11.7. The summed E-state index contributed by atoms with van der Waals surface area (Å²) in [7, 11) is 1.54. The van der Waals surface area contributed by atoms with Crippen molar-refractivity contribution >= 4 is 11.9 Å². The van der Waals surface area contributed by atoms with Crippen LogP contribution in [0.5, 0.6) is 0 Å². The number of nitrogens with one attached hydrogen (secondary N) is 1. The quantitative estimate of drug-likeness (QED) is 0.610. The van der Waals surface area contributed by atoms with Gasteiger partial charge in [-0.15, -0.1) is 0 Å².